The number of aliphatic hydroxyl groups is 1. The number of likely N-dealkylation sites (N-methyl/N-ethyl adjacent to an activating group) is 2. The van der Waals surface area contributed by atoms with Gasteiger partial charge in [0.2, 0.25) is 23.6 Å². The number of hydrogen-bond acceptors (Lipinski definition) is 10. The van der Waals surface area contributed by atoms with E-state index in [0.29, 0.717) is 18.5 Å². The molecular formula is C45H77N5O9. The molecular weight excluding hydrogens is 755 g/mol. The number of rotatable bonds is 22. The van der Waals surface area contributed by atoms with Crippen LogP contribution in [-0.4, -0.2) is 139 Å². The third-order valence-corrected chi connectivity index (χ3v) is 12.1. The first kappa shape index (κ1) is 50.2. The van der Waals surface area contributed by atoms with Crippen LogP contribution in [0.25, 0.3) is 0 Å². The van der Waals surface area contributed by atoms with Gasteiger partial charge in [0.25, 0.3) is 0 Å². The number of amides is 4. The molecule has 3 rings (SSSR count). The van der Waals surface area contributed by atoms with E-state index in [1.165, 1.54) is 0 Å². The van der Waals surface area contributed by atoms with Gasteiger partial charge in [-0.2, -0.15) is 0 Å². The van der Waals surface area contributed by atoms with Crippen molar-refractivity contribution in [3.05, 3.63) is 35.9 Å². The fourth-order valence-corrected chi connectivity index (χ4v) is 8.58. The lowest BCUT2D eigenvalue weighted by Crippen LogP contribution is -2.60. The summed E-state index contributed by atoms with van der Waals surface area (Å²) in [6, 6.07) is 6.38. The Morgan fingerprint density at radius 1 is 0.932 bits per heavy atom. The quantitative estimate of drug-likeness (QED) is 0.139. The van der Waals surface area contributed by atoms with Crippen molar-refractivity contribution in [3.63, 3.8) is 0 Å². The van der Waals surface area contributed by atoms with Crippen molar-refractivity contribution in [2.45, 2.75) is 168 Å². The van der Waals surface area contributed by atoms with E-state index in [1.807, 2.05) is 105 Å². The zero-order valence-electron chi connectivity index (χ0n) is 38.6. The second kappa shape index (κ2) is 22.1. The van der Waals surface area contributed by atoms with Crippen LogP contribution in [0.1, 0.15) is 114 Å². The summed E-state index contributed by atoms with van der Waals surface area (Å²) in [6.07, 6.45) is -0.818. The van der Waals surface area contributed by atoms with Gasteiger partial charge < -0.3 is 44.5 Å². The molecule has 0 aliphatic carbocycles. The molecule has 0 aromatic heterocycles. The minimum Gasteiger partial charge on any atom is -0.386 e. The summed E-state index contributed by atoms with van der Waals surface area (Å²) < 4.78 is 23.8. The van der Waals surface area contributed by atoms with Crippen LogP contribution in [0.2, 0.25) is 0 Å². The molecule has 0 spiro atoms. The van der Waals surface area contributed by atoms with Crippen molar-refractivity contribution in [1.29, 1.82) is 0 Å². The number of nitrogens with one attached hydrogen (secondary N) is 2. The van der Waals surface area contributed by atoms with Crippen LogP contribution in [0.4, 0.5) is 0 Å². The molecule has 2 aliphatic rings. The zero-order chi connectivity index (χ0) is 44.5. The summed E-state index contributed by atoms with van der Waals surface area (Å²) in [4.78, 5) is 61.7. The Morgan fingerprint density at radius 3 is 2.08 bits per heavy atom. The summed E-state index contributed by atoms with van der Waals surface area (Å²) in [5, 5.41) is 16.9. The van der Waals surface area contributed by atoms with Crippen LogP contribution in [0, 0.1) is 23.7 Å². The number of likely N-dealkylation sites (tertiary alicyclic amines) is 1. The highest BCUT2D eigenvalue weighted by molar-refractivity contribution is 5.90. The molecule has 2 saturated heterocycles. The minimum absolute atomic E-state index is 0.00898. The van der Waals surface area contributed by atoms with Crippen LogP contribution in [-0.2, 0) is 38.1 Å². The zero-order valence-corrected chi connectivity index (χ0v) is 38.6. The van der Waals surface area contributed by atoms with E-state index in [0.717, 1.165) is 12.8 Å². The maximum Gasteiger partial charge on any atom is 0.245 e. The molecule has 4 amide bonds. The Morgan fingerprint density at radius 2 is 1.56 bits per heavy atom. The van der Waals surface area contributed by atoms with Crippen molar-refractivity contribution in [1.82, 2.24) is 25.3 Å². The first-order valence-corrected chi connectivity index (χ1v) is 21.6. The van der Waals surface area contributed by atoms with Gasteiger partial charge in [-0.25, -0.2) is 0 Å². The van der Waals surface area contributed by atoms with E-state index in [2.05, 4.69) is 10.6 Å². The standard InChI is InChI=1S/C45H77N5O9/c1-16-28(6)37(48(12)42(55)35(26(2)3)47-41(54)36(27(4)5)49(13)43-44(58-43)59-45(9,10)11)33(56-14)25-34(51)50-24-20-23-32(50)39(57-15)29(7)40(53)46-30(8)38(52)31-21-18-17-19-22-31/h17-19,21-22,26-30,32-33,35-39,43-44,52H,16,20,23-25H2,1-15H3,(H,46,53)(H,47,54)/t28-,29+,30+,32-,33+,35-,36-,37-,38-,39+,43+,44?/m0/s1. The lowest BCUT2D eigenvalue weighted by molar-refractivity contribution is -0.148. The van der Waals surface area contributed by atoms with E-state index >= 15 is 0 Å². The van der Waals surface area contributed by atoms with Crippen LogP contribution < -0.4 is 10.6 Å². The molecule has 0 radical (unpaired) electrons. The molecule has 2 aliphatic heterocycles. The van der Waals surface area contributed by atoms with Gasteiger partial charge in [-0.3, -0.25) is 24.1 Å². The largest absolute Gasteiger partial charge is 0.386 e. The number of benzene rings is 1. The Kier molecular flexibility index (Phi) is 18.8. The van der Waals surface area contributed by atoms with Gasteiger partial charge in [-0.1, -0.05) is 85.2 Å². The molecule has 14 nitrogen and oxygen atoms in total. The third-order valence-electron chi connectivity index (χ3n) is 12.1. The number of methoxy groups -OCH3 is 2. The molecule has 0 bridgehead atoms. The van der Waals surface area contributed by atoms with E-state index in [-0.39, 0.29) is 60.1 Å². The number of carbonyl (C=O) groups is 4. The smallest absolute Gasteiger partial charge is 0.245 e. The number of ether oxygens (including phenoxy) is 4. The molecule has 3 N–H and O–H groups in total. The highest BCUT2D eigenvalue weighted by Crippen LogP contribution is 2.33. The van der Waals surface area contributed by atoms with Gasteiger partial charge in [0.05, 0.1) is 60.4 Å². The Balaban J connectivity index is 1.76. The summed E-state index contributed by atoms with van der Waals surface area (Å²) in [5.41, 5.74) is 0.302. The molecule has 0 saturated carbocycles. The van der Waals surface area contributed by atoms with Gasteiger partial charge >= 0.3 is 0 Å². The van der Waals surface area contributed by atoms with Gasteiger partial charge in [0, 0.05) is 27.8 Å². The summed E-state index contributed by atoms with van der Waals surface area (Å²) in [7, 11) is 6.68. The Labute approximate surface area is 354 Å². The van der Waals surface area contributed by atoms with Crippen molar-refractivity contribution in [2.24, 2.45) is 23.7 Å². The average Bonchev–Trinajstić information content (AvgIpc) is 3.76. The van der Waals surface area contributed by atoms with E-state index in [1.54, 1.807) is 44.9 Å². The van der Waals surface area contributed by atoms with Gasteiger partial charge in [-0.15, -0.1) is 0 Å². The van der Waals surface area contributed by atoms with Crippen LogP contribution in [0.15, 0.2) is 30.3 Å². The summed E-state index contributed by atoms with van der Waals surface area (Å²) >= 11 is 0. The summed E-state index contributed by atoms with van der Waals surface area (Å²) in [6.45, 7) is 21.7. The number of nitrogens with zero attached hydrogens (tertiary/aromatic N) is 3. The molecule has 1 aromatic carbocycles. The van der Waals surface area contributed by atoms with Crippen molar-refractivity contribution < 1.29 is 43.2 Å². The molecule has 2 fully saturated rings. The fourth-order valence-electron chi connectivity index (χ4n) is 8.58. The monoisotopic (exact) mass is 832 g/mol. The van der Waals surface area contributed by atoms with Crippen molar-refractivity contribution >= 4 is 23.6 Å². The highest BCUT2D eigenvalue weighted by Gasteiger charge is 2.50. The number of hydrogen-bond donors (Lipinski definition) is 3. The molecule has 336 valence electrons. The topological polar surface area (TPSA) is 163 Å². The average molecular weight is 832 g/mol. The molecule has 59 heavy (non-hydrogen) atoms. The molecule has 1 unspecified atom stereocenters. The van der Waals surface area contributed by atoms with Crippen LogP contribution in [0.5, 0.6) is 0 Å². The lowest BCUT2D eigenvalue weighted by atomic mass is 9.89. The van der Waals surface area contributed by atoms with E-state index in [4.69, 9.17) is 18.9 Å². The van der Waals surface area contributed by atoms with Gasteiger partial charge in [0.15, 0.2) is 12.5 Å². The highest BCUT2D eigenvalue weighted by atomic mass is 16.8. The van der Waals surface area contributed by atoms with E-state index < -0.39 is 60.3 Å². The number of aliphatic hydroxyl groups excluding tert-OH is 1. The second-order valence-corrected chi connectivity index (χ2v) is 18.5. The maximum absolute atomic E-state index is 14.5. The second-order valence-electron chi connectivity index (χ2n) is 18.5. The molecule has 14 heteroatoms. The van der Waals surface area contributed by atoms with Crippen molar-refractivity contribution in [3.8, 4) is 0 Å². The van der Waals surface area contributed by atoms with E-state index in [9.17, 15) is 24.3 Å². The molecule has 2 heterocycles. The first-order chi connectivity index (χ1) is 27.6. The Hall–Kier alpha value is -3.14. The van der Waals surface area contributed by atoms with Gasteiger partial charge in [-0.05, 0) is 70.9 Å². The number of carbonyl (C=O) groups excluding carboxylic acids is 4. The molecule has 12 atom stereocenters. The number of epoxide rings is 1. The van der Waals surface area contributed by atoms with Gasteiger partial charge in [0.1, 0.15) is 6.04 Å². The fraction of sp³-hybridized carbons (Fsp3) is 0.778. The van der Waals surface area contributed by atoms with Crippen LogP contribution in [0.3, 0.4) is 0 Å². The SMILES string of the molecule is CC[C@H](C)[C@@H]([C@@H](CC(=O)N1CCC[C@H]1[C@H](OC)[C@@H](C)C(=O)N[C@H](C)[C@H](O)c1ccccc1)OC)N(C)C(=O)[C@@H](NC(=O)[C@H](C(C)C)N(C)[C@@H]1OC1OC(C)(C)C)C(C)C. The maximum atomic E-state index is 14.5. The normalized spacial score (nSPS) is 22.9. The van der Waals surface area contributed by atoms with Crippen LogP contribution >= 0.6 is 0 Å². The first-order valence-electron chi connectivity index (χ1n) is 21.6. The third kappa shape index (κ3) is 13.2. The van der Waals surface area contributed by atoms with Crippen molar-refractivity contribution in [2.75, 3.05) is 34.9 Å². The Bertz CT molecular complexity index is 1510. The predicted molar refractivity (Wildman–Crippen MR) is 228 cm³/mol. The molecule has 1 aromatic rings. The lowest BCUT2D eigenvalue weighted by Gasteiger charge is -2.41. The predicted octanol–water partition coefficient (Wildman–Crippen LogP) is 4.74. The minimum atomic E-state index is -0.887. The summed E-state index contributed by atoms with van der Waals surface area (Å²) in [5.74, 6) is -1.95.